The van der Waals surface area contributed by atoms with Crippen LogP contribution in [0.2, 0.25) is 0 Å². The molecular weight excluding hydrogens is 256 g/mol. The molecule has 2 atom stereocenters. The fourth-order valence-electron chi connectivity index (χ4n) is 2.83. The Morgan fingerprint density at radius 3 is 3.20 bits per heavy atom. The molecule has 1 aliphatic rings. The second-order valence-corrected chi connectivity index (χ2v) is 5.35. The molecule has 0 bridgehead atoms. The Bertz CT molecular complexity index is 637. The molecule has 0 radical (unpaired) electrons. The van der Waals surface area contributed by atoms with Gasteiger partial charge in [-0.25, -0.2) is 4.98 Å². The highest BCUT2D eigenvalue weighted by molar-refractivity contribution is 5.97. The van der Waals surface area contributed by atoms with Crippen LogP contribution in [-0.4, -0.2) is 28.6 Å². The van der Waals surface area contributed by atoms with E-state index in [1.807, 2.05) is 6.92 Å². The van der Waals surface area contributed by atoms with Gasteiger partial charge in [0.05, 0.1) is 16.6 Å². The van der Waals surface area contributed by atoms with E-state index in [0.29, 0.717) is 23.7 Å². The molecule has 1 amide bonds. The summed E-state index contributed by atoms with van der Waals surface area (Å²) in [5.74, 6) is 0.276. The lowest BCUT2D eigenvalue weighted by Crippen LogP contribution is -2.39. The number of aromatic nitrogens is 2. The Labute approximate surface area is 116 Å². The second-order valence-electron chi connectivity index (χ2n) is 5.35. The number of rotatable bonds is 3. The summed E-state index contributed by atoms with van der Waals surface area (Å²) in [5, 5.41) is 7.68. The van der Waals surface area contributed by atoms with E-state index in [-0.39, 0.29) is 11.9 Å². The van der Waals surface area contributed by atoms with E-state index < -0.39 is 0 Å². The molecule has 0 aromatic carbocycles. The van der Waals surface area contributed by atoms with Gasteiger partial charge in [-0.15, -0.1) is 0 Å². The summed E-state index contributed by atoms with van der Waals surface area (Å²) in [7, 11) is 0. The van der Waals surface area contributed by atoms with Crippen LogP contribution in [-0.2, 0) is 0 Å². The topological polar surface area (TPSA) is 94.0 Å². The van der Waals surface area contributed by atoms with Crippen LogP contribution in [0.5, 0.6) is 0 Å². The van der Waals surface area contributed by atoms with Gasteiger partial charge in [-0.1, -0.05) is 11.6 Å². The number of nitrogens with zero attached hydrogens (tertiary/aromatic N) is 2. The maximum Gasteiger partial charge on any atom is 0.257 e. The number of nitrogens with two attached hydrogens (primary N) is 1. The van der Waals surface area contributed by atoms with E-state index >= 15 is 0 Å². The molecule has 0 spiro atoms. The van der Waals surface area contributed by atoms with Crippen molar-refractivity contribution in [3.8, 4) is 0 Å². The minimum Gasteiger partial charge on any atom is -0.349 e. The molecule has 6 nitrogen and oxygen atoms in total. The standard InChI is InChI=1S/C14H18N4O2/c1-8-11-5-10(7-16-14(11)20-18-8)13(19)17-12-4-2-3-9(12)6-15/h5,7,9,12H,2-4,6,15H2,1H3,(H,17,19). The zero-order chi connectivity index (χ0) is 14.1. The monoisotopic (exact) mass is 274 g/mol. The molecule has 106 valence electrons. The number of aryl methyl sites for hydroxylation is 1. The lowest BCUT2D eigenvalue weighted by molar-refractivity contribution is 0.0928. The summed E-state index contributed by atoms with van der Waals surface area (Å²) in [6.07, 6.45) is 4.72. The summed E-state index contributed by atoms with van der Waals surface area (Å²) in [6.45, 7) is 2.45. The van der Waals surface area contributed by atoms with Crippen molar-refractivity contribution in [2.24, 2.45) is 11.7 Å². The molecular formula is C14H18N4O2. The minimum absolute atomic E-state index is 0.106. The van der Waals surface area contributed by atoms with Gasteiger partial charge in [0, 0.05) is 12.2 Å². The molecule has 2 unspecified atom stereocenters. The van der Waals surface area contributed by atoms with Gasteiger partial charge in [-0.2, -0.15) is 0 Å². The van der Waals surface area contributed by atoms with Crippen molar-refractivity contribution >= 4 is 17.0 Å². The predicted octanol–water partition coefficient (Wildman–Crippen LogP) is 1.39. The van der Waals surface area contributed by atoms with Crippen LogP contribution in [0.1, 0.15) is 35.3 Å². The molecule has 6 heteroatoms. The zero-order valence-corrected chi connectivity index (χ0v) is 11.4. The van der Waals surface area contributed by atoms with Gasteiger partial charge in [0.25, 0.3) is 11.6 Å². The van der Waals surface area contributed by atoms with E-state index in [1.165, 1.54) is 6.20 Å². The van der Waals surface area contributed by atoms with Crippen LogP contribution < -0.4 is 11.1 Å². The number of pyridine rings is 1. The van der Waals surface area contributed by atoms with Gasteiger partial charge < -0.3 is 15.6 Å². The average Bonchev–Trinajstić information content (AvgIpc) is 3.05. The highest BCUT2D eigenvalue weighted by Crippen LogP contribution is 2.25. The van der Waals surface area contributed by atoms with Gasteiger partial charge >= 0.3 is 0 Å². The van der Waals surface area contributed by atoms with Gasteiger partial charge in [-0.05, 0) is 38.3 Å². The third-order valence-electron chi connectivity index (χ3n) is 4.05. The van der Waals surface area contributed by atoms with E-state index in [0.717, 1.165) is 30.3 Å². The number of fused-ring (bicyclic) bond motifs is 1. The molecule has 1 aliphatic carbocycles. The smallest absolute Gasteiger partial charge is 0.257 e. The van der Waals surface area contributed by atoms with E-state index in [2.05, 4.69) is 15.5 Å². The third kappa shape index (κ3) is 2.27. The summed E-state index contributed by atoms with van der Waals surface area (Å²) in [4.78, 5) is 16.4. The zero-order valence-electron chi connectivity index (χ0n) is 11.4. The van der Waals surface area contributed by atoms with Crippen LogP contribution in [0.3, 0.4) is 0 Å². The molecule has 1 saturated carbocycles. The SMILES string of the molecule is Cc1noc2ncc(C(=O)NC3CCCC3CN)cc12. The molecule has 20 heavy (non-hydrogen) atoms. The van der Waals surface area contributed by atoms with Crippen molar-refractivity contribution in [2.75, 3.05) is 6.54 Å². The van der Waals surface area contributed by atoms with E-state index in [9.17, 15) is 4.79 Å². The third-order valence-corrected chi connectivity index (χ3v) is 4.05. The minimum atomic E-state index is -0.106. The van der Waals surface area contributed by atoms with Crippen molar-refractivity contribution in [1.29, 1.82) is 0 Å². The number of hydrogen-bond acceptors (Lipinski definition) is 5. The van der Waals surface area contributed by atoms with Crippen molar-refractivity contribution < 1.29 is 9.32 Å². The van der Waals surface area contributed by atoms with E-state index in [4.69, 9.17) is 10.3 Å². The van der Waals surface area contributed by atoms with Gasteiger partial charge in [-0.3, -0.25) is 4.79 Å². The summed E-state index contributed by atoms with van der Waals surface area (Å²) in [5.41, 5.74) is 7.47. The molecule has 0 saturated heterocycles. The Morgan fingerprint density at radius 1 is 1.55 bits per heavy atom. The highest BCUT2D eigenvalue weighted by Gasteiger charge is 2.27. The van der Waals surface area contributed by atoms with Crippen LogP contribution in [0, 0.1) is 12.8 Å². The maximum absolute atomic E-state index is 12.3. The Hall–Kier alpha value is -1.95. The number of hydrogen-bond donors (Lipinski definition) is 2. The van der Waals surface area contributed by atoms with Crippen LogP contribution in [0.15, 0.2) is 16.8 Å². The molecule has 1 fully saturated rings. The molecule has 3 rings (SSSR count). The van der Waals surface area contributed by atoms with Gasteiger partial charge in [0.1, 0.15) is 0 Å². The number of carbonyl (C=O) groups excluding carboxylic acids is 1. The lowest BCUT2D eigenvalue weighted by atomic mass is 10.0. The number of carbonyl (C=O) groups is 1. The quantitative estimate of drug-likeness (QED) is 0.882. The van der Waals surface area contributed by atoms with Crippen LogP contribution >= 0.6 is 0 Å². The number of amides is 1. The lowest BCUT2D eigenvalue weighted by Gasteiger charge is -2.19. The number of nitrogens with one attached hydrogen (secondary N) is 1. The summed E-state index contributed by atoms with van der Waals surface area (Å²) < 4.78 is 5.04. The second kappa shape index (κ2) is 5.20. The first-order valence-electron chi connectivity index (χ1n) is 6.92. The van der Waals surface area contributed by atoms with Gasteiger partial charge in [0.2, 0.25) is 0 Å². The Balaban J connectivity index is 1.79. The van der Waals surface area contributed by atoms with Crippen molar-refractivity contribution in [3.05, 3.63) is 23.5 Å². The first kappa shape index (κ1) is 13.1. The normalized spacial score (nSPS) is 22.3. The maximum atomic E-state index is 12.3. The fraction of sp³-hybridized carbons (Fsp3) is 0.500. The Kier molecular flexibility index (Phi) is 3.40. The first-order chi connectivity index (χ1) is 9.69. The fourth-order valence-corrected chi connectivity index (χ4v) is 2.83. The highest BCUT2D eigenvalue weighted by atomic mass is 16.5. The van der Waals surface area contributed by atoms with Crippen molar-refractivity contribution in [3.63, 3.8) is 0 Å². The molecule has 3 N–H and O–H groups in total. The summed E-state index contributed by atoms with van der Waals surface area (Å²) in [6, 6.07) is 1.95. The average molecular weight is 274 g/mol. The van der Waals surface area contributed by atoms with Crippen molar-refractivity contribution in [1.82, 2.24) is 15.5 Å². The van der Waals surface area contributed by atoms with Crippen LogP contribution in [0.4, 0.5) is 0 Å². The predicted molar refractivity (Wildman–Crippen MR) is 74.2 cm³/mol. The van der Waals surface area contributed by atoms with Crippen LogP contribution in [0.25, 0.3) is 11.1 Å². The van der Waals surface area contributed by atoms with E-state index in [1.54, 1.807) is 6.07 Å². The molecule has 2 aromatic heterocycles. The molecule has 0 aliphatic heterocycles. The largest absolute Gasteiger partial charge is 0.349 e. The summed E-state index contributed by atoms with van der Waals surface area (Å²) >= 11 is 0. The first-order valence-corrected chi connectivity index (χ1v) is 6.92. The molecule has 2 aromatic rings. The molecule has 2 heterocycles. The van der Waals surface area contributed by atoms with Crippen molar-refractivity contribution in [2.45, 2.75) is 32.2 Å². The Morgan fingerprint density at radius 2 is 2.40 bits per heavy atom. The van der Waals surface area contributed by atoms with Gasteiger partial charge in [0.15, 0.2) is 0 Å².